The Morgan fingerprint density at radius 1 is 1.56 bits per heavy atom. The SMILES string of the molecule is C=C(CC1CCN(C)C(C)(C)C1C)C(=O)O. The van der Waals surface area contributed by atoms with Crippen molar-refractivity contribution in [3.05, 3.63) is 12.2 Å². The molecule has 1 aliphatic heterocycles. The van der Waals surface area contributed by atoms with Gasteiger partial charge < -0.3 is 10.0 Å². The van der Waals surface area contributed by atoms with Gasteiger partial charge in [0.15, 0.2) is 0 Å². The van der Waals surface area contributed by atoms with Gasteiger partial charge in [-0.2, -0.15) is 0 Å². The van der Waals surface area contributed by atoms with Gasteiger partial charge in [0.25, 0.3) is 0 Å². The molecule has 0 aliphatic carbocycles. The number of hydrogen-bond acceptors (Lipinski definition) is 2. The molecule has 0 aromatic carbocycles. The molecule has 0 spiro atoms. The molecule has 1 heterocycles. The van der Waals surface area contributed by atoms with E-state index >= 15 is 0 Å². The third-order valence-corrected chi connectivity index (χ3v) is 4.45. The summed E-state index contributed by atoms with van der Waals surface area (Å²) in [7, 11) is 2.14. The normalized spacial score (nSPS) is 30.0. The van der Waals surface area contributed by atoms with Crippen molar-refractivity contribution in [2.75, 3.05) is 13.6 Å². The Bertz CT molecular complexity index is 296. The smallest absolute Gasteiger partial charge is 0.330 e. The van der Waals surface area contributed by atoms with Crippen LogP contribution < -0.4 is 0 Å². The highest BCUT2D eigenvalue weighted by molar-refractivity contribution is 5.85. The number of piperidine rings is 1. The van der Waals surface area contributed by atoms with Gasteiger partial charge >= 0.3 is 5.97 Å². The van der Waals surface area contributed by atoms with Crippen molar-refractivity contribution < 1.29 is 9.90 Å². The van der Waals surface area contributed by atoms with Gasteiger partial charge in [-0.15, -0.1) is 0 Å². The lowest BCUT2D eigenvalue weighted by Crippen LogP contribution is -2.53. The first-order valence-electron chi connectivity index (χ1n) is 5.89. The van der Waals surface area contributed by atoms with Crippen LogP contribution in [0.25, 0.3) is 0 Å². The van der Waals surface area contributed by atoms with E-state index in [1.165, 1.54) is 0 Å². The Hall–Kier alpha value is -0.830. The van der Waals surface area contributed by atoms with E-state index < -0.39 is 5.97 Å². The van der Waals surface area contributed by atoms with Crippen LogP contribution in [-0.2, 0) is 4.79 Å². The van der Waals surface area contributed by atoms with Crippen LogP contribution in [0, 0.1) is 11.8 Å². The molecule has 1 fully saturated rings. The quantitative estimate of drug-likeness (QED) is 0.750. The van der Waals surface area contributed by atoms with Crippen molar-refractivity contribution in [1.82, 2.24) is 4.90 Å². The molecule has 1 N–H and O–H groups in total. The molecule has 1 aliphatic rings. The molecule has 0 amide bonds. The summed E-state index contributed by atoms with van der Waals surface area (Å²) in [4.78, 5) is 13.2. The van der Waals surface area contributed by atoms with Gasteiger partial charge in [0.2, 0.25) is 0 Å². The highest BCUT2D eigenvalue weighted by Crippen LogP contribution is 2.38. The van der Waals surface area contributed by atoms with Crippen LogP contribution in [0.2, 0.25) is 0 Å². The molecule has 16 heavy (non-hydrogen) atoms. The van der Waals surface area contributed by atoms with Gasteiger partial charge in [0.05, 0.1) is 0 Å². The predicted molar refractivity (Wildman–Crippen MR) is 65.4 cm³/mol. The molecular formula is C13H23NO2. The van der Waals surface area contributed by atoms with Gasteiger partial charge in [0, 0.05) is 11.1 Å². The largest absolute Gasteiger partial charge is 0.478 e. The zero-order chi connectivity index (χ0) is 12.5. The second-order valence-electron chi connectivity index (χ2n) is 5.53. The topological polar surface area (TPSA) is 40.5 Å². The van der Waals surface area contributed by atoms with E-state index in [2.05, 4.69) is 39.3 Å². The van der Waals surface area contributed by atoms with Crippen molar-refractivity contribution in [3.63, 3.8) is 0 Å². The number of hydrogen-bond donors (Lipinski definition) is 1. The predicted octanol–water partition coefficient (Wildman–Crippen LogP) is 2.38. The number of nitrogens with zero attached hydrogens (tertiary/aromatic N) is 1. The van der Waals surface area contributed by atoms with E-state index in [1.54, 1.807) is 0 Å². The zero-order valence-corrected chi connectivity index (χ0v) is 10.8. The van der Waals surface area contributed by atoms with Gasteiger partial charge in [-0.05, 0) is 52.1 Å². The maximum absolute atomic E-state index is 10.8. The third-order valence-electron chi connectivity index (χ3n) is 4.45. The fourth-order valence-corrected chi connectivity index (χ4v) is 2.50. The molecule has 1 saturated heterocycles. The van der Waals surface area contributed by atoms with Crippen molar-refractivity contribution >= 4 is 5.97 Å². The second-order valence-corrected chi connectivity index (χ2v) is 5.53. The molecule has 3 heteroatoms. The lowest BCUT2D eigenvalue weighted by Gasteiger charge is -2.49. The van der Waals surface area contributed by atoms with E-state index in [1.807, 2.05) is 0 Å². The van der Waals surface area contributed by atoms with Crippen LogP contribution >= 0.6 is 0 Å². The summed E-state index contributed by atoms with van der Waals surface area (Å²) in [5.74, 6) is 0.0704. The van der Waals surface area contributed by atoms with Crippen LogP contribution in [0.1, 0.15) is 33.6 Å². The van der Waals surface area contributed by atoms with Crippen LogP contribution in [-0.4, -0.2) is 35.1 Å². The summed E-state index contributed by atoms with van der Waals surface area (Å²) >= 11 is 0. The van der Waals surface area contributed by atoms with E-state index in [4.69, 9.17) is 5.11 Å². The summed E-state index contributed by atoms with van der Waals surface area (Å²) in [6.45, 7) is 11.3. The van der Waals surface area contributed by atoms with Crippen molar-refractivity contribution in [3.8, 4) is 0 Å². The summed E-state index contributed by atoms with van der Waals surface area (Å²) < 4.78 is 0. The van der Waals surface area contributed by atoms with Gasteiger partial charge in [-0.3, -0.25) is 0 Å². The minimum absolute atomic E-state index is 0.141. The maximum atomic E-state index is 10.8. The van der Waals surface area contributed by atoms with Crippen molar-refractivity contribution in [2.24, 2.45) is 11.8 Å². The number of carboxylic acids is 1. The standard InChI is InChI=1S/C13H23NO2/c1-9(12(15)16)8-11-6-7-14(5)13(3,4)10(11)2/h10-11H,1,6-8H2,2-5H3,(H,15,16). The van der Waals surface area contributed by atoms with Gasteiger partial charge in [0.1, 0.15) is 0 Å². The third kappa shape index (κ3) is 2.46. The Kier molecular flexibility index (Phi) is 3.79. The fourth-order valence-electron chi connectivity index (χ4n) is 2.50. The summed E-state index contributed by atoms with van der Waals surface area (Å²) in [6, 6.07) is 0. The Morgan fingerprint density at radius 3 is 2.62 bits per heavy atom. The Labute approximate surface area is 98.1 Å². The molecule has 0 radical (unpaired) electrons. The second kappa shape index (κ2) is 4.58. The van der Waals surface area contributed by atoms with Crippen molar-refractivity contribution in [2.45, 2.75) is 39.2 Å². The molecule has 3 nitrogen and oxygen atoms in total. The summed E-state index contributed by atoms with van der Waals surface area (Å²) in [5.41, 5.74) is 0.485. The van der Waals surface area contributed by atoms with Crippen LogP contribution in [0.4, 0.5) is 0 Å². The molecule has 0 aromatic rings. The van der Waals surface area contributed by atoms with E-state index in [9.17, 15) is 4.79 Å². The molecule has 2 unspecified atom stereocenters. The highest BCUT2D eigenvalue weighted by atomic mass is 16.4. The maximum Gasteiger partial charge on any atom is 0.330 e. The summed E-state index contributed by atoms with van der Waals surface area (Å²) in [6.07, 6.45) is 1.68. The summed E-state index contributed by atoms with van der Waals surface area (Å²) in [5, 5.41) is 8.87. The van der Waals surface area contributed by atoms with Crippen LogP contribution in [0.5, 0.6) is 0 Å². The van der Waals surface area contributed by atoms with Gasteiger partial charge in [-0.25, -0.2) is 4.79 Å². The molecule has 1 rings (SSSR count). The molecule has 2 atom stereocenters. The molecular weight excluding hydrogens is 202 g/mol. The molecule has 0 aromatic heterocycles. The number of rotatable bonds is 3. The number of aliphatic carboxylic acids is 1. The lowest BCUT2D eigenvalue weighted by molar-refractivity contribution is -0.133. The first-order chi connectivity index (χ1) is 7.26. The number of carbonyl (C=O) groups is 1. The lowest BCUT2D eigenvalue weighted by atomic mass is 9.71. The number of likely N-dealkylation sites (tertiary alicyclic amines) is 1. The Balaban J connectivity index is 2.70. The van der Waals surface area contributed by atoms with E-state index in [0.717, 1.165) is 13.0 Å². The zero-order valence-electron chi connectivity index (χ0n) is 10.8. The fraction of sp³-hybridized carbons (Fsp3) is 0.769. The minimum Gasteiger partial charge on any atom is -0.478 e. The average Bonchev–Trinajstić information content (AvgIpc) is 2.19. The minimum atomic E-state index is -0.857. The Morgan fingerprint density at radius 2 is 2.12 bits per heavy atom. The highest BCUT2D eigenvalue weighted by Gasteiger charge is 2.39. The van der Waals surface area contributed by atoms with Crippen molar-refractivity contribution in [1.29, 1.82) is 0 Å². The number of carboxylic acid groups (broad SMARTS) is 1. The van der Waals surface area contributed by atoms with Crippen LogP contribution in [0.3, 0.4) is 0 Å². The monoisotopic (exact) mass is 225 g/mol. The van der Waals surface area contributed by atoms with E-state index in [-0.39, 0.29) is 5.54 Å². The first kappa shape index (κ1) is 13.2. The molecule has 0 bridgehead atoms. The molecule has 92 valence electrons. The average molecular weight is 225 g/mol. The van der Waals surface area contributed by atoms with E-state index in [0.29, 0.717) is 23.8 Å². The first-order valence-corrected chi connectivity index (χ1v) is 5.89. The van der Waals surface area contributed by atoms with Gasteiger partial charge in [-0.1, -0.05) is 13.5 Å². The molecule has 0 saturated carbocycles. The van der Waals surface area contributed by atoms with Crippen LogP contribution in [0.15, 0.2) is 12.2 Å².